The maximum absolute atomic E-state index is 12.5. The molecule has 1 aliphatic carbocycles. The summed E-state index contributed by atoms with van der Waals surface area (Å²) >= 11 is 0. The van der Waals surface area contributed by atoms with Crippen LogP contribution < -0.4 is 10.1 Å². The van der Waals surface area contributed by atoms with E-state index in [-0.39, 0.29) is 17.7 Å². The lowest BCUT2D eigenvalue weighted by Crippen LogP contribution is -2.23. The van der Waals surface area contributed by atoms with E-state index in [4.69, 9.17) is 25.2 Å². The molecule has 9 nitrogen and oxygen atoms in total. The fourth-order valence-electron chi connectivity index (χ4n) is 6.05. The monoisotopic (exact) mass is 591 g/mol. The second-order valence-electron chi connectivity index (χ2n) is 11.3. The molecular weight excluding hydrogens is 550 g/mol. The molecule has 2 N–H and O–H groups in total. The highest BCUT2D eigenvalue weighted by Crippen LogP contribution is 2.43. The first-order chi connectivity index (χ1) is 21.4. The van der Waals surface area contributed by atoms with Crippen LogP contribution in [0.2, 0.25) is 0 Å². The Morgan fingerprint density at radius 1 is 1.20 bits per heavy atom. The third-order valence-electron chi connectivity index (χ3n) is 8.31. The first-order valence-electron chi connectivity index (χ1n) is 15.3. The van der Waals surface area contributed by atoms with Crippen LogP contribution in [0.3, 0.4) is 0 Å². The zero-order chi connectivity index (χ0) is 31.2. The van der Waals surface area contributed by atoms with Gasteiger partial charge in [0.05, 0.1) is 24.4 Å². The summed E-state index contributed by atoms with van der Waals surface area (Å²) in [6.07, 6.45) is 9.39. The van der Waals surface area contributed by atoms with E-state index >= 15 is 0 Å². The molecule has 1 amide bonds. The smallest absolute Gasteiger partial charge is 0.251 e. The van der Waals surface area contributed by atoms with Crippen molar-refractivity contribution in [3.8, 4) is 17.0 Å². The summed E-state index contributed by atoms with van der Waals surface area (Å²) < 4.78 is 7.61. The number of rotatable bonds is 9. The summed E-state index contributed by atoms with van der Waals surface area (Å²) in [5.74, 6) is 1.32. The molecule has 2 aliphatic rings. The quantitative estimate of drug-likeness (QED) is 0.273. The Morgan fingerprint density at radius 3 is 2.70 bits per heavy atom. The van der Waals surface area contributed by atoms with Gasteiger partial charge in [-0.05, 0) is 66.5 Å². The van der Waals surface area contributed by atoms with Gasteiger partial charge in [-0.3, -0.25) is 14.5 Å². The number of amides is 1. The molecule has 0 saturated heterocycles. The summed E-state index contributed by atoms with van der Waals surface area (Å²) in [7, 11) is 5.35. The Morgan fingerprint density at radius 2 is 2.00 bits per heavy atom. The lowest BCUT2D eigenvalue weighted by Gasteiger charge is -2.26. The number of fused-ring (bicyclic) bond motifs is 2. The van der Waals surface area contributed by atoms with E-state index in [0.717, 1.165) is 54.0 Å². The van der Waals surface area contributed by atoms with Gasteiger partial charge in [0.2, 0.25) is 0 Å². The summed E-state index contributed by atoms with van der Waals surface area (Å²) in [6.45, 7) is 4.94. The van der Waals surface area contributed by atoms with Gasteiger partial charge in [-0.1, -0.05) is 38.1 Å². The van der Waals surface area contributed by atoms with E-state index in [1.165, 1.54) is 22.9 Å². The molecule has 228 valence electrons. The fraction of sp³-hybridized carbons (Fsp3) is 0.371. The second-order valence-corrected chi connectivity index (χ2v) is 11.3. The number of benzene rings is 2. The lowest BCUT2D eigenvalue weighted by molar-refractivity contribution is 0.0953. The van der Waals surface area contributed by atoms with Crippen molar-refractivity contribution in [3.05, 3.63) is 70.4 Å². The topological polar surface area (TPSA) is 117 Å². The van der Waals surface area contributed by atoms with Crippen LogP contribution in [0.4, 0.5) is 5.69 Å². The Balaban J connectivity index is 1.48. The van der Waals surface area contributed by atoms with Crippen molar-refractivity contribution in [2.45, 2.75) is 51.9 Å². The normalized spacial score (nSPS) is 18.0. The Bertz CT molecular complexity index is 1660. The van der Waals surface area contributed by atoms with Crippen LogP contribution in [0, 0.1) is 11.3 Å². The average Bonchev–Trinajstić information content (AvgIpc) is 3.38. The molecule has 2 heterocycles. The zero-order valence-electron chi connectivity index (χ0n) is 26.2. The molecule has 0 fully saturated rings. The number of carbonyl (C=O) groups is 1. The molecule has 0 saturated carbocycles. The third kappa shape index (κ3) is 6.32. The van der Waals surface area contributed by atoms with E-state index in [9.17, 15) is 4.79 Å². The first-order valence-corrected chi connectivity index (χ1v) is 15.3. The van der Waals surface area contributed by atoms with Crippen molar-refractivity contribution in [2.24, 2.45) is 27.9 Å². The molecule has 1 aromatic heterocycles. The number of carbonyl (C=O) groups excluding carboxylic acids is 1. The van der Waals surface area contributed by atoms with Crippen LogP contribution in [0.1, 0.15) is 72.6 Å². The number of amidine groups is 1. The molecule has 2 unspecified atom stereocenters. The predicted octanol–water partition coefficient (Wildman–Crippen LogP) is 6.60. The molecule has 0 spiro atoms. The van der Waals surface area contributed by atoms with E-state index in [1.54, 1.807) is 32.5 Å². The minimum Gasteiger partial charge on any atom is -0.494 e. The van der Waals surface area contributed by atoms with Crippen LogP contribution in [0.5, 0.6) is 5.75 Å². The number of methoxy groups -OCH3 is 1. The number of aryl methyl sites for hydroxylation is 2. The summed E-state index contributed by atoms with van der Waals surface area (Å²) in [6, 6.07) is 13.8. The molecular formula is C35H41N7O2. The van der Waals surface area contributed by atoms with Gasteiger partial charge in [-0.2, -0.15) is 5.10 Å². The number of allylic oxidation sites excluding steroid dienone is 2. The SMILES string of the molecule is CCCNC(=O)c1ccc(N=C2CCC(C)C3=C(C=N2)CCc2nn(C)c(-c4ccc(C(C=N)C=NC)cc4)c23)c(OC)c1. The van der Waals surface area contributed by atoms with Gasteiger partial charge >= 0.3 is 0 Å². The van der Waals surface area contributed by atoms with Gasteiger partial charge in [0, 0.05) is 62.4 Å². The molecule has 5 rings (SSSR count). The first kappa shape index (κ1) is 30.8. The van der Waals surface area contributed by atoms with E-state index in [2.05, 4.69) is 41.5 Å². The highest BCUT2D eigenvalue weighted by atomic mass is 16.5. The number of ether oxygens (including phenoxy) is 1. The van der Waals surface area contributed by atoms with Gasteiger partial charge in [0.25, 0.3) is 5.91 Å². The summed E-state index contributed by atoms with van der Waals surface area (Å²) in [5, 5.41) is 15.6. The van der Waals surface area contributed by atoms with Crippen molar-refractivity contribution < 1.29 is 9.53 Å². The molecule has 2 aromatic carbocycles. The van der Waals surface area contributed by atoms with Crippen molar-refractivity contribution in [3.63, 3.8) is 0 Å². The van der Waals surface area contributed by atoms with Crippen molar-refractivity contribution >= 4 is 41.6 Å². The molecule has 1 aliphatic heterocycles. The number of hydrogen-bond acceptors (Lipinski definition) is 6. The summed E-state index contributed by atoms with van der Waals surface area (Å²) in [4.78, 5) is 26.3. The molecule has 2 atom stereocenters. The Labute approximate surface area is 259 Å². The third-order valence-corrected chi connectivity index (χ3v) is 8.31. The van der Waals surface area contributed by atoms with Crippen molar-refractivity contribution in [1.82, 2.24) is 15.1 Å². The van der Waals surface area contributed by atoms with E-state index < -0.39 is 0 Å². The van der Waals surface area contributed by atoms with Crippen LogP contribution in [-0.2, 0) is 13.5 Å². The van der Waals surface area contributed by atoms with Gasteiger partial charge in [-0.25, -0.2) is 9.98 Å². The lowest BCUT2D eigenvalue weighted by atomic mass is 9.79. The van der Waals surface area contributed by atoms with Gasteiger partial charge in [-0.15, -0.1) is 0 Å². The highest BCUT2D eigenvalue weighted by molar-refractivity contribution is 6.03. The van der Waals surface area contributed by atoms with Crippen LogP contribution >= 0.6 is 0 Å². The number of nitrogens with one attached hydrogen (secondary N) is 2. The van der Waals surface area contributed by atoms with Crippen LogP contribution in [-0.4, -0.2) is 60.9 Å². The maximum atomic E-state index is 12.5. The number of aromatic nitrogens is 2. The molecule has 44 heavy (non-hydrogen) atoms. The minimum absolute atomic E-state index is 0.120. The Hall–Kier alpha value is -4.66. The standard InChI is InChI=1S/C35H41N7O2/c1-6-17-38-35(43)25-12-14-28(30(18-25)44-5)40-31-16-7-22(2)32-26(21-39-31)13-15-29-33(32)34(42(4)41-29)24-10-8-23(9-11-24)27(19-36)20-37-3/h8-12,14,18-22,27,36H,6-7,13,15-17H2,1-5H3,(H,38,43). The van der Waals surface area contributed by atoms with Crippen LogP contribution in [0.25, 0.3) is 16.8 Å². The molecule has 9 heteroatoms. The number of hydrogen-bond donors (Lipinski definition) is 2. The fourth-order valence-corrected chi connectivity index (χ4v) is 6.05. The molecule has 0 bridgehead atoms. The van der Waals surface area contributed by atoms with Crippen LogP contribution in [0.15, 0.2) is 63.0 Å². The van der Waals surface area contributed by atoms with Gasteiger partial charge in [0.1, 0.15) is 17.3 Å². The largest absolute Gasteiger partial charge is 0.494 e. The number of nitrogens with zero attached hydrogens (tertiary/aromatic N) is 5. The maximum Gasteiger partial charge on any atom is 0.251 e. The van der Waals surface area contributed by atoms with Crippen molar-refractivity contribution in [2.75, 3.05) is 20.7 Å². The Kier molecular flexibility index (Phi) is 9.62. The zero-order valence-corrected chi connectivity index (χ0v) is 26.2. The number of aliphatic imine (C=N–C) groups is 3. The van der Waals surface area contributed by atoms with E-state index in [1.807, 2.05) is 30.9 Å². The molecule has 3 aromatic rings. The van der Waals surface area contributed by atoms with Gasteiger partial charge in [0.15, 0.2) is 0 Å². The highest BCUT2D eigenvalue weighted by Gasteiger charge is 2.30. The molecule has 0 radical (unpaired) electrons. The predicted molar refractivity (Wildman–Crippen MR) is 179 cm³/mol. The second kappa shape index (κ2) is 13.8. The average molecular weight is 592 g/mol. The van der Waals surface area contributed by atoms with Crippen molar-refractivity contribution in [1.29, 1.82) is 5.41 Å². The minimum atomic E-state index is -0.135. The van der Waals surface area contributed by atoms with E-state index in [0.29, 0.717) is 30.0 Å². The van der Waals surface area contributed by atoms with Gasteiger partial charge < -0.3 is 15.5 Å². The summed E-state index contributed by atoms with van der Waals surface area (Å²) in [5.41, 5.74) is 9.34.